The predicted molar refractivity (Wildman–Crippen MR) is 203 cm³/mol. The van der Waals surface area contributed by atoms with Gasteiger partial charge in [-0.1, -0.05) is 66.7 Å². The van der Waals surface area contributed by atoms with Crippen LogP contribution in [0.25, 0.3) is 43.6 Å². The molecule has 3 aliphatic heterocycles. The maximum atomic E-state index is 6.79. The average Bonchev–Trinajstić information content (AvgIpc) is 3.13. The fraction of sp³-hybridized carbons (Fsp3) is 0.220. The number of hydrogen-bond acceptors (Lipinski definition) is 5. The van der Waals surface area contributed by atoms with Gasteiger partial charge in [-0.25, -0.2) is 0 Å². The van der Waals surface area contributed by atoms with E-state index in [1.165, 1.54) is 6.42 Å². The number of methoxy groups -OCH3 is 1. The van der Waals surface area contributed by atoms with Crippen molar-refractivity contribution in [2.24, 2.45) is 11.8 Å². The largest absolute Gasteiger partial charge is 0.497 e. The summed E-state index contributed by atoms with van der Waals surface area (Å²) in [6.45, 7) is 6.24. The quantitative estimate of drug-likeness (QED) is 0.0907. The van der Waals surface area contributed by atoms with E-state index in [4.69, 9.17) is 27.7 Å². The van der Waals surface area contributed by atoms with Crippen molar-refractivity contribution in [3.8, 4) is 16.9 Å². The van der Waals surface area contributed by atoms with E-state index in [1.807, 2.05) is 24.4 Å². The zero-order valence-electron chi connectivity index (χ0n) is 27.0. The van der Waals surface area contributed by atoms with Crippen LogP contribution >= 0.6 is 12.2 Å². The highest BCUT2D eigenvalue weighted by molar-refractivity contribution is 7.80. The van der Waals surface area contributed by atoms with Gasteiger partial charge in [0, 0.05) is 46.7 Å². The maximum absolute atomic E-state index is 6.79. The Hall–Kier alpha value is -4.98. The van der Waals surface area contributed by atoms with Gasteiger partial charge in [-0.3, -0.25) is 9.88 Å². The summed E-state index contributed by atoms with van der Waals surface area (Å²) < 4.78 is 5.65. The Balaban J connectivity index is 1.22. The first-order chi connectivity index (χ1) is 23.5. The average molecular weight is 650 g/mol. The van der Waals surface area contributed by atoms with Gasteiger partial charge in [-0.15, -0.1) is 6.58 Å². The van der Waals surface area contributed by atoms with Crippen LogP contribution in [0.1, 0.15) is 24.4 Å². The number of nitrogens with zero attached hydrogens (tertiary/aromatic N) is 2. The molecule has 6 aromatic rings. The number of nitrogens with one attached hydrogen (secondary N) is 2. The van der Waals surface area contributed by atoms with E-state index in [1.54, 1.807) is 7.11 Å². The molecule has 4 heterocycles. The van der Waals surface area contributed by atoms with Crippen LogP contribution in [0.3, 0.4) is 0 Å². The molecule has 7 heteroatoms. The van der Waals surface area contributed by atoms with E-state index in [9.17, 15) is 0 Å². The molecule has 6 nitrogen and oxygen atoms in total. The number of piperidine rings is 3. The number of ether oxygens (including phenoxy) is 1. The number of nitrogen functional groups attached to an aromatic ring is 1. The fourth-order valence-electron chi connectivity index (χ4n) is 8.16. The Bertz CT molecular complexity index is 2200. The number of hydrogen-bond donors (Lipinski definition) is 3. The minimum Gasteiger partial charge on any atom is -0.497 e. The molecule has 3 aliphatic rings. The molecule has 1 unspecified atom stereocenters. The van der Waals surface area contributed by atoms with Gasteiger partial charge in [0.25, 0.3) is 0 Å². The summed E-state index contributed by atoms with van der Waals surface area (Å²) in [6.07, 6.45) is 6.32. The molecule has 0 saturated carbocycles. The summed E-state index contributed by atoms with van der Waals surface area (Å²) in [6, 6.07) is 33.6. The number of nitrogens with two attached hydrogens (primary N) is 1. The molecule has 4 N–H and O–H groups in total. The number of anilines is 2. The third-order valence-electron chi connectivity index (χ3n) is 10.5. The molecule has 0 aliphatic carbocycles. The van der Waals surface area contributed by atoms with E-state index in [0.29, 0.717) is 16.9 Å². The highest BCUT2D eigenvalue weighted by atomic mass is 32.1. The molecule has 3 saturated heterocycles. The molecule has 1 aromatic heterocycles. The summed E-state index contributed by atoms with van der Waals surface area (Å²) in [4.78, 5) is 7.32. The van der Waals surface area contributed by atoms with Crippen molar-refractivity contribution in [3.05, 3.63) is 121 Å². The van der Waals surface area contributed by atoms with Crippen LogP contribution in [0.5, 0.6) is 5.75 Å². The molecule has 9 rings (SSSR count). The van der Waals surface area contributed by atoms with Crippen LogP contribution in [0.2, 0.25) is 0 Å². The number of aromatic nitrogens is 1. The van der Waals surface area contributed by atoms with Gasteiger partial charge in [-0.05, 0) is 107 Å². The van der Waals surface area contributed by atoms with Crippen LogP contribution in [-0.4, -0.2) is 41.2 Å². The van der Waals surface area contributed by atoms with Crippen LogP contribution in [-0.2, 0) is 0 Å². The van der Waals surface area contributed by atoms with Gasteiger partial charge in [0.1, 0.15) is 5.75 Å². The summed E-state index contributed by atoms with van der Waals surface area (Å²) in [5.41, 5.74) is 12.6. The number of pyridine rings is 1. The molecule has 2 bridgehead atoms. The first-order valence-electron chi connectivity index (χ1n) is 16.7. The zero-order chi connectivity index (χ0) is 32.8. The highest BCUT2D eigenvalue weighted by Crippen LogP contribution is 2.44. The second-order valence-corrected chi connectivity index (χ2v) is 13.5. The number of fused-ring (bicyclic) bond motifs is 6. The summed E-state index contributed by atoms with van der Waals surface area (Å²) in [7, 11) is 1.71. The van der Waals surface area contributed by atoms with Gasteiger partial charge < -0.3 is 21.1 Å². The zero-order valence-corrected chi connectivity index (χ0v) is 27.8. The lowest BCUT2D eigenvalue weighted by Gasteiger charge is -2.52. The summed E-state index contributed by atoms with van der Waals surface area (Å²) in [5, 5.41) is 13.6. The number of benzene rings is 5. The second-order valence-electron chi connectivity index (χ2n) is 13.1. The Morgan fingerprint density at radius 3 is 2.44 bits per heavy atom. The molecule has 5 atom stereocenters. The van der Waals surface area contributed by atoms with E-state index >= 15 is 0 Å². The van der Waals surface area contributed by atoms with Gasteiger partial charge in [0.05, 0.1) is 18.7 Å². The second kappa shape index (κ2) is 12.6. The Labute approximate surface area is 286 Å². The summed E-state index contributed by atoms with van der Waals surface area (Å²) in [5.74, 6) is 1.93. The van der Waals surface area contributed by atoms with Gasteiger partial charge in [0.2, 0.25) is 0 Å². The van der Waals surface area contributed by atoms with Crippen LogP contribution in [0.15, 0.2) is 116 Å². The standard InChI is InChI=1S/C41H39N5OS/c1-3-25-24-46-21-19-28(25)22-37(46)40(32-18-20-43-35-17-14-29(47-2)23-33(32)35)45-41(48)44-36-16-13-27-9-5-7-11-31(27)39(36)38-30-10-6-4-8-26(30)12-15-34(38)42/h3-18,20,23,25,28,37,40H,1,19,21-22,24,42H2,2H3,(H2,44,45,48)/t25-,28+,37-,40-/m1/s1. The lowest BCUT2D eigenvalue weighted by atomic mass is 9.73. The maximum Gasteiger partial charge on any atom is 0.171 e. The van der Waals surface area contributed by atoms with Crippen molar-refractivity contribution < 1.29 is 4.74 Å². The van der Waals surface area contributed by atoms with Crippen LogP contribution in [0, 0.1) is 11.8 Å². The minimum absolute atomic E-state index is 0.0808. The van der Waals surface area contributed by atoms with Crippen molar-refractivity contribution in [2.75, 3.05) is 31.2 Å². The Morgan fingerprint density at radius 2 is 1.71 bits per heavy atom. The molecule has 240 valence electrons. The summed E-state index contributed by atoms with van der Waals surface area (Å²) >= 11 is 6.22. The molecule has 0 spiro atoms. The van der Waals surface area contributed by atoms with Gasteiger partial charge in [0.15, 0.2) is 5.11 Å². The first-order valence-corrected chi connectivity index (χ1v) is 17.1. The number of thiocarbonyl (C=S) groups is 1. The topological polar surface area (TPSA) is 75.4 Å². The lowest BCUT2D eigenvalue weighted by Crippen LogP contribution is -2.57. The third-order valence-corrected chi connectivity index (χ3v) is 10.8. The molecule has 48 heavy (non-hydrogen) atoms. The Morgan fingerprint density at radius 1 is 0.958 bits per heavy atom. The SMILES string of the molecule is C=C[C@@H]1CN2CC[C@H]1C[C@@H]2[C@H](NC(=S)Nc1ccc2ccccc2c1-c1c(N)ccc2ccccc12)c1ccnc2ccc(OC)cc12. The third kappa shape index (κ3) is 5.33. The smallest absolute Gasteiger partial charge is 0.171 e. The molecule has 0 amide bonds. The minimum atomic E-state index is -0.0808. The van der Waals surface area contributed by atoms with Crippen LogP contribution < -0.4 is 21.1 Å². The molecule has 5 aromatic carbocycles. The van der Waals surface area contributed by atoms with E-state index in [2.05, 4.69) is 107 Å². The predicted octanol–water partition coefficient (Wildman–Crippen LogP) is 8.72. The van der Waals surface area contributed by atoms with Crippen molar-refractivity contribution in [2.45, 2.75) is 24.9 Å². The van der Waals surface area contributed by atoms with E-state index in [0.717, 1.165) is 85.8 Å². The van der Waals surface area contributed by atoms with Crippen LogP contribution in [0.4, 0.5) is 11.4 Å². The van der Waals surface area contributed by atoms with E-state index in [-0.39, 0.29) is 12.1 Å². The molecule has 3 fully saturated rings. The van der Waals surface area contributed by atoms with Crippen molar-refractivity contribution in [3.63, 3.8) is 0 Å². The first kappa shape index (κ1) is 30.4. The van der Waals surface area contributed by atoms with E-state index < -0.39 is 0 Å². The highest BCUT2D eigenvalue weighted by Gasteiger charge is 2.43. The number of rotatable bonds is 7. The van der Waals surface area contributed by atoms with Gasteiger partial charge >= 0.3 is 0 Å². The van der Waals surface area contributed by atoms with Gasteiger partial charge in [-0.2, -0.15) is 0 Å². The molecular formula is C41H39N5OS. The lowest BCUT2D eigenvalue weighted by molar-refractivity contribution is 0.00443. The van der Waals surface area contributed by atoms with Crippen molar-refractivity contribution in [1.82, 2.24) is 15.2 Å². The fourth-order valence-corrected chi connectivity index (χ4v) is 8.40. The monoisotopic (exact) mass is 649 g/mol. The van der Waals surface area contributed by atoms with Crippen molar-refractivity contribution >= 4 is 61.2 Å². The normalized spacial score (nSPS) is 20.9. The molecule has 0 radical (unpaired) electrons. The molecular weight excluding hydrogens is 611 g/mol. The van der Waals surface area contributed by atoms with Crippen molar-refractivity contribution in [1.29, 1.82) is 0 Å². The Kier molecular flexibility index (Phi) is 7.95.